The van der Waals surface area contributed by atoms with Crippen molar-refractivity contribution in [1.82, 2.24) is 29.9 Å². The summed E-state index contributed by atoms with van der Waals surface area (Å²) >= 11 is 0. The Morgan fingerprint density at radius 3 is 0.915 bits per heavy atom. The number of aryl methyl sites for hydroxylation is 4. The predicted octanol–water partition coefficient (Wildman–Crippen LogP) is 30.4. The SMILES string of the molecule is Cc1ccccc1-c1ccc2c(c1)N(c1c(C)cc(-c3nc(-c4ccccc4)nc(-c4ccccc4)n3)cc1C)c1ccccc1C2(c1ccccc1)c1cccc2c1oc1ccccc12.Cc1ccccc1-c1ccc2c(c1)N(c1ccc(-c3nc(-c4ccccc4)nc(-c4ccccc4)n3)cc1)c1ccccc1C2(c1ccccc1)c1cccc2c1oc1ccccc12. The van der Waals surface area contributed by atoms with Crippen molar-refractivity contribution in [3.63, 3.8) is 0 Å². The van der Waals surface area contributed by atoms with E-state index in [4.69, 9.17) is 38.7 Å². The van der Waals surface area contributed by atoms with Gasteiger partial charge in [0.15, 0.2) is 34.9 Å². The molecule has 18 aromatic carbocycles. The van der Waals surface area contributed by atoms with Crippen molar-refractivity contribution in [2.24, 2.45) is 0 Å². The van der Waals surface area contributed by atoms with Crippen molar-refractivity contribution < 1.29 is 8.83 Å². The Bertz CT molecular complexity index is 7960. The fraction of sp³-hybridized carbons (Fsp3) is 0.0500. The molecular formula is C120H84N8O2. The highest BCUT2D eigenvalue weighted by molar-refractivity contribution is 6.09. The molecule has 0 N–H and O–H groups in total. The normalized spacial score (nSPS) is 14.3. The van der Waals surface area contributed by atoms with Gasteiger partial charge in [-0.1, -0.05) is 364 Å². The summed E-state index contributed by atoms with van der Waals surface area (Å²) in [5, 5.41) is 4.41. The highest BCUT2D eigenvalue weighted by Crippen LogP contribution is 2.63. The lowest BCUT2D eigenvalue weighted by atomic mass is 9.62. The van der Waals surface area contributed by atoms with Crippen LogP contribution in [0.15, 0.2) is 446 Å². The third-order valence-electron chi connectivity index (χ3n) is 26.1. The van der Waals surface area contributed by atoms with Gasteiger partial charge in [0, 0.05) is 71.7 Å². The molecule has 24 rings (SSSR count). The van der Waals surface area contributed by atoms with Crippen LogP contribution in [0, 0.1) is 27.7 Å². The van der Waals surface area contributed by atoms with Crippen LogP contribution in [0.25, 0.3) is 134 Å². The molecule has 2 aliphatic rings. The number of aromatic nitrogens is 6. The van der Waals surface area contributed by atoms with Gasteiger partial charge in [0.1, 0.15) is 22.3 Å². The zero-order chi connectivity index (χ0) is 87.0. The van der Waals surface area contributed by atoms with E-state index in [1.807, 2.05) is 127 Å². The zero-order valence-corrected chi connectivity index (χ0v) is 72.0. The minimum atomic E-state index is -0.768. The number of hydrogen-bond acceptors (Lipinski definition) is 10. The van der Waals surface area contributed by atoms with Crippen LogP contribution < -0.4 is 9.80 Å². The molecule has 0 saturated carbocycles. The van der Waals surface area contributed by atoms with Gasteiger partial charge in [-0.3, -0.25) is 0 Å². The third-order valence-corrected chi connectivity index (χ3v) is 26.1. The molecule has 2 atom stereocenters. The van der Waals surface area contributed by atoms with E-state index in [0.29, 0.717) is 34.9 Å². The van der Waals surface area contributed by atoms with E-state index in [9.17, 15) is 0 Å². The van der Waals surface area contributed by atoms with E-state index in [-0.39, 0.29) is 0 Å². The van der Waals surface area contributed by atoms with Gasteiger partial charge in [-0.25, -0.2) is 29.9 Å². The molecule has 130 heavy (non-hydrogen) atoms. The van der Waals surface area contributed by atoms with Gasteiger partial charge < -0.3 is 18.6 Å². The van der Waals surface area contributed by atoms with E-state index in [1.54, 1.807) is 0 Å². The highest BCUT2D eigenvalue weighted by Gasteiger charge is 2.51. The molecule has 616 valence electrons. The number of para-hydroxylation sites is 6. The average Bonchev–Trinajstić information content (AvgIpc) is 0.953. The van der Waals surface area contributed by atoms with Crippen LogP contribution in [0.4, 0.5) is 34.1 Å². The van der Waals surface area contributed by atoms with Crippen LogP contribution in [0.5, 0.6) is 0 Å². The molecule has 0 bridgehead atoms. The van der Waals surface area contributed by atoms with Crippen molar-refractivity contribution in [2.45, 2.75) is 38.5 Å². The number of nitrogens with zero attached hydrogens (tertiary/aromatic N) is 8. The monoisotopic (exact) mass is 1670 g/mol. The number of anilines is 6. The summed E-state index contributed by atoms with van der Waals surface area (Å²) in [4.78, 5) is 35.2. The van der Waals surface area contributed by atoms with Gasteiger partial charge in [0.05, 0.1) is 39.3 Å². The van der Waals surface area contributed by atoms with Gasteiger partial charge >= 0.3 is 0 Å². The molecule has 4 aromatic heterocycles. The maximum Gasteiger partial charge on any atom is 0.164 e. The molecule has 0 amide bonds. The first kappa shape index (κ1) is 77.9. The van der Waals surface area contributed by atoms with Crippen molar-refractivity contribution in [3.8, 4) is 90.6 Å². The molecule has 22 aromatic rings. The molecule has 0 fully saturated rings. The number of rotatable bonds is 14. The van der Waals surface area contributed by atoms with Gasteiger partial charge in [-0.05, 0) is 178 Å². The number of furan rings is 2. The molecule has 0 saturated heterocycles. The summed E-state index contributed by atoms with van der Waals surface area (Å²) in [6.07, 6.45) is 0. The molecule has 0 spiro atoms. The molecule has 10 heteroatoms. The lowest BCUT2D eigenvalue weighted by Gasteiger charge is -2.47. The van der Waals surface area contributed by atoms with E-state index >= 15 is 0 Å². The van der Waals surface area contributed by atoms with Crippen molar-refractivity contribution in [1.29, 1.82) is 0 Å². The molecule has 0 radical (unpaired) electrons. The summed E-state index contributed by atoms with van der Waals surface area (Å²) in [5.41, 5.74) is 32.6. The van der Waals surface area contributed by atoms with Gasteiger partial charge in [-0.15, -0.1) is 0 Å². The quantitative estimate of drug-likeness (QED) is 0.104. The summed E-state index contributed by atoms with van der Waals surface area (Å²) < 4.78 is 13.9. The van der Waals surface area contributed by atoms with Crippen molar-refractivity contribution in [2.75, 3.05) is 9.80 Å². The largest absolute Gasteiger partial charge is 0.456 e. The summed E-state index contributed by atoms with van der Waals surface area (Å²) in [7, 11) is 0. The van der Waals surface area contributed by atoms with Gasteiger partial charge in [-0.2, -0.15) is 0 Å². The van der Waals surface area contributed by atoms with Crippen LogP contribution in [0.1, 0.15) is 66.8 Å². The average molecular weight is 1670 g/mol. The van der Waals surface area contributed by atoms with Gasteiger partial charge in [0.2, 0.25) is 0 Å². The first-order valence-electron chi connectivity index (χ1n) is 44.2. The Kier molecular flexibility index (Phi) is 19.4. The third kappa shape index (κ3) is 13.1. The Morgan fingerprint density at radius 2 is 0.508 bits per heavy atom. The molecular weight excluding hydrogens is 1590 g/mol. The van der Waals surface area contributed by atoms with Crippen molar-refractivity contribution >= 4 is 78.0 Å². The Morgan fingerprint density at radius 1 is 0.208 bits per heavy atom. The lowest BCUT2D eigenvalue weighted by molar-refractivity contribution is 0.643. The van der Waals surface area contributed by atoms with Gasteiger partial charge in [0.25, 0.3) is 0 Å². The predicted molar refractivity (Wildman–Crippen MR) is 530 cm³/mol. The molecule has 0 aliphatic carbocycles. The summed E-state index contributed by atoms with van der Waals surface area (Å²) in [6.45, 7) is 8.81. The summed E-state index contributed by atoms with van der Waals surface area (Å²) in [5.74, 6) is 3.78. The maximum absolute atomic E-state index is 6.97. The smallest absolute Gasteiger partial charge is 0.164 e. The molecule has 2 unspecified atom stereocenters. The summed E-state index contributed by atoms with van der Waals surface area (Å²) in [6, 6.07) is 155. The fourth-order valence-electron chi connectivity index (χ4n) is 20.3. The minimum Gasteiger partial charge on any atom is -0.456 e. The van der Waals surface area contributed by atoms with Crippen LogP contribution in [-0.2, 0) is 10.8 Å². The van der Waals surface area contributed by atoms with E-state index in [0.717, 1.165) is 173 Å². The minimum absolute atomic E-state index is 0.613. The second-order valence-electron chi connectivity index (χ2n) is 33.7. The topological polar surface area (TPSA) is 110 Å². The first-order chi connectivity index (χ1) is 64.1. The van der Waals surface area contributed by atoms with Crippen LogP contribution >= 0.6 is 0 Å². The van der Waals surface area contributed by atoms with Crippen LogP contribution in [0.2, 0.25) is 0 Å². The number of fused-ring (bicyclic) bond motifs is 10. The number of hydrogen-bond donors (Lipinski definition) is 0. The Labute approximate surface area is 754 Å². The van der Waals surface area contributed by atoms with Crippen molar-refractivity contribution in [3.05, 3.63) is 504 Å². The second kappa shape index (κ2) is 32.3. The molecule has 2 aliphatic heterocycles. The fourth-order valence-corrected chi connectivity index (χ4v) is 20.3. The number of benzene rings is 18. The van der Waals surface area contributed by atoms with E-state index < -0.39 is 10.8 Å². The van der Waals surface area contributed by atoms with E-state index in [1.165, 1.54) is 27.8 Å². The Hall–Kier alpha value is -16.8. The Balaban J connectivity index is 0.000000148. The maximum atomic E-state index is 6.97. The zero-order valence-electron chi connectivity index (χ0n) is 72.0. The molecule has 10 nitrogen and oxygen atoms in total. The standard InChI is InChI=1S/C61H44N4O.C59H40N4O/c1-39-20-13-14-27-47(39)44-34-35-51-54(38-44)65(56-40(2)36-45(37-41(56)3)60-63-58(42-21-7-4-8-22-42)62-59(64-60)43-23-9-5-10-24-43)53-32-17-16-30-50(53)61(51,46-25-11-6-12-26-46)52-31-19-29-49-48-28-15-18-33-55(48)66-57(49)52;1-39-18-11-12-25-46(39)43-34-37-50-53(38-43)63(45-35-32-42(33-36-45)58-61-56(40-19-5-2-6-20-40)60-57(62-58)41-21-7-3-8-22-41)52-30-15-14-28-49(52)59(50,44-23-9-4-10-24-44)51-29-17-27-48-47-26-13-16-31-54(47)64-55(48)51/h4-38H,1-3H3;2-38H,1H3. The lowest BCUT2D eigenvalue weighted by Crippen LogP contribution is -2.38. The van der Waals surface area contributed by atoms with Crippen LogP contribution in [0.3, 0.4) is 0 Å². The van der Waals surface area contributed by atoms with Crippen LogP contribution in [-0.4, -0.2) is 29.9 Å². The molecule has 6 heterocycles. The first-order valence-corrected chi connectivity index (χ1v) is 44.2. The van der Waals surface area contributed by atoms with E-state index in [2.05, 4.69) is 347 Å². The second-order valence-corrected chi connectivity index (χ2v) is 33.7. The highest BCUT2D eigenvalue weighted by atomic mass is 16.3.